The third-order valence-electron chi connectivity index (χ3n) is 3.96. The van der Waals surface area contributed by atoms with Crippen LogP contribution in [-0.2, 0) is 0 Å². The highest BCUT2D eigenvalue weighted by atomic mass is 35.5. The summed E-state index contributed by atoms with van der Waals surface area (Å²) in [5, 5.41) is 0.561. The fraction of sp³-hybridized carbons (Fsp3) is 0.562. The average molecular weight is 311 g/mol. The largest absolute Gasteiger partial charge is 0.494 e. The molecule has 1 fully saturated rings. The second-order valence-corrected chi connectivity index (χ2v) is 6.75. The molecule has 0 amide bonds. The van der Waals surface area contributed by atoms with Crippen LogP contribution >= 0.6 is 11.6 Å². The molecule has 1 aromatic carbocycles. The molecule has 1 aliphatic heterocycles. The van der Waals surface area contributed by atoms with Crippen molar-refractivity contribution in [2.75, 3.05) is 38.2 Å². The molecule has 2 rings (SSSR count). The Labute approximate surface area is 131 Å². The number of carbonyl (C=O) groups excluding carboxylic acids is 1. The Balaban J connectivity index is 2.24. The summed E-state index contributed by atoms with van der Waals surface area (Å²) in [5.74, 6) is 0.610. The van der Waals surface area contributed by atoms with Crippen LogP contribution in [0.4, 0.5) is 5.69 Å². The van der Waals surface area contributed by atoms with Gasteiger partial charge in [-0.05, 0) is 32.9 Å². The summed E-state index contributed by atoms with van der Waals surface area (Å²) in [4.78, 5) is 15.9. The Morgan fingerprint density at radius 3 is 2.29 bits per heavy atom. The monoisotopic (exact) mass is 310 g/mol. The molecular formula is C16H23ClN2O2. The van der Waals surface area contributed by atoms with E-state index in [0.717, 1.165) is 38.2 Å². The summed E-state index contributed by atoms with van der Waals surface area (Å²) >= 11 is 6.13. The van der Waals surface area contributed by atoms with Crippen molar-refractivity contribution in [2.45, 2.75) is 26.3 Å². The van der Waals surface area contributed by atoms with Crippen molar-refractivity contribution < 1.29 is 9.53 Å². The molecule has 0 spiro atoms. The van der Waals surface area contributed by atoms with Gasteiger partial charge in [-0.15, -0.1) is 0 Å². The summed E-state index contributed by atoms with van der Waals surface area (Å²) in [6.07, 6.45) is 0.791. The van der Waals surface area contributed by atoms with Crippen LogP contribution in [0, 0.1) is 0 Å². The molecule has 0 aromatic heterocycles. The Morgan fingerprint density at radius 1 is 1.19 bits per heavy atom. The number of aldehydes is 1. The van der Waals surface area contributed by atoms with Crippen molar-refractivity contribution >= 4 is 23.6 Å². The van der Waals surface area contributed by atoms with Gasteiger partial charge in [0, 0.05) is 36.7 Å². The fourth-order valence-corrected chi connectivity index (χ4v) is 2.98. The van der Waals surface area contributed by atoms with E-state index in [4.69, 9.17) is 16.3 Å². The lowest BCUT2D eigenvalue weighted by Crippen LogP contribution is -2.53. The van der Waals surface area contributed by atoms with Gasteiger partial charge >= 0.3 is 0 Å². The molecule has 0 bridgehead atoms. The molecule has 116 valence electrons. The Bertz CT molecular complexity index is 518. The van der Waals surface area contributed by atoms with Crippen LogP contribution in [0.25, 0.3) is 0 Å². The third-order valence-corrected chi connectivity index (χ3v) is 4.18. The van der Waals surface area contributed by atoms with Crippen molar-refractivity contribution in [1.82, 2.24) is 4.90 Å². The van der Waals surface area contributed by atoms with E-state index in [-0.39, 0.29) is 5.54 Å². The zero-order valence-corrected chi connectivity index (χ0v) is 13.9. The smallest absolute Gasteiger partial charge is 0.153 e. The minimum Gasteiger partial charge on any atom is -0.494 e. The molecule has 0 aliphatic carbocycles. The number of hydrogen-bond donors (Lipinski definition) is 0. The maximum absolute atomic E-state index is 11.2. The highest BCUT2D eigenvalue weighted by molar-refractivity contribution is 6.31. The highest BCUT2D eigenvalue weighted by Gasteiger charge is 2.27. The molecule has 4 nitrogen and oxygen atoms in total. The van der Waals surface area contributed by atoms with Gasteiger partial charge in [0.1, 0.15) is 0 Å². The van der Waals surface area contributed by atoms with Crippen LogP contribution in [0.15, 0.2) is 12.1 Å². The van der Waals surface area contributed by atoms with Gasteiger partial charge < -0.3 is 9.64 Å². The molecule has 0 atom stereocenters. The van der Waals surface area contributed by atoms with Gasteiger partial charge in [0.2, 0.25) is 0 Å². The number of nitrogens with zero attached hydrogens (tertiary/aromatic N) is 2. The molecule has 0 N–H and O–H groups in total. The first-order valence-corrected chi connectivity index (χ1v) is 7.57. The van der Waals surface area contributed by atoms with E-state index in [0.29, 0.717) is 16.3 Å². The van der Waals surface area contributed by atoms with Gasteiger partial charge in [-0.25, -0.2) is 0 Å². The van der Waals surface area contributed by atoms with E-state index in [2.05, 4.69) is 30.6 Å². The lowest BCUT2D eigenvalue weighted by atomic mass is 10.0. The summed E-state index contributed by atoms with van der Waals surface area (Å²) < 4.78 is 5.42. The van der Waals surface area contributed by atoms with E-state index in [1.165, 1.54) is 0 Å². The average Bonchev–Trinajstić information content (AvgIpc) is 2.45. The van der Waals surface area contributed by atoms with E-state index < -0.39 is 0 Å². The van der Waals surface area contributed by atoms with Crippen LogP contribution in [0.2, 0.25) is 5.02 Å². The minimum absolute atomic E-state index is 0.179. The lowest BCUT2D eigenvalue weighted by Gasteiger charge is -2.43. The maximum atomic E-state index is 11.2. The highest BCUT2D eigenvalue weighted by Crippen LogP contribution is 2.35. The number of piperazine rings is 1. The van der Waals surface area contributed by atoms with E-state index in [1.807, 2.05) is 6.07 Å². The summed E-state index contributed by atoms with van der Waals surface area (Å²) in [6, 6.07) is 3.52. The zero-order valence-electron chi connectivity index (χ0n) is 13.1. The lowest BCUT2D eigenvalue weighted by molar-refractivity contribution is 0.112. The number of benzene rings is 1. The number of halogens is 1. The number of methoxy groups -OCH3 is 1. The van der Waals surface area contributed by atoms with Crippen LogP contribution in [0.1, 0.15) is 31.1 Å². The SMILES string of the molecule is COc1c(C=O)cc(Cl)cc1N1CCN(C(C)(C)C)CC1. The van der Waals surface area contributed by atoms with E-state index in [1.54, 1.807) is 13.2 Å². The van der Waals surface area contributed by atoms with Gasteiger partial charge in [0.15, 0.2) is 12.0 Å². The van der Waals surface area contributed by atoms with Crippen LogP contribution in [0.3, 0.4) is 0 Å². The molecule has 0 unspecified atom stereocenters. The standard InChI is InChI=1S/C16H23ClN2O2/c1-16(2,3)19-7-5-18(6-8-19)14-10-13(17)9-12(11-20)15(14)21-4/h9-11H,5-8H2,1-4H3. The third kappa shape index (κ3) is 3.50. The van der Waals surface area contributed by atoms with Gasteiger partial charge in [0.05, 0.1) is 18.4 Å². The second-order valence-electron chi connectivity index (χ2n) is 6.31. The van der Waals surface area contributed by atoms with E-state index >= 15 is 0 Å². The van der Waals surface area contributed by atoms with Crippen molar-refractivity contribution in [2.24, 2.45) is 0 Å². The summed E-state index contributed by atoms with van der Waals surface area (Å²) in [7, 11) is 1.59. The van der Waals surface area contributed by atoms with Crippen LogP contribution < -0.4 is 9.64 Å². The fourth-order valence-electron chi connectivity index (χ4n) is 2.76. The van der Waals surface area contributed by atoms with Gasteiger partial charge in [-0.1, -0.05) is 11.6 Å². The Kier molecular flexibility index (Phi) is 4.79. The van der Waals surface area contributed by atoms with Gasteiger partial charge in [-0.2, -0.15) is 0 Å². The topological polar surface area (TPSA) is 32.8 Å². The minimum atomic E-state index is 0.179. The first-order chi connectivity index (χ1) is 9.86. The number of rotatable bonds is 3. The summed E-state index contributed by atoms with van der Waals surface area (Å²) in [5.41, 5.74) is 1.58. The quantitative estimate of drug-likeness (QED) is 0.803. The normalized spacial score (nSPS) is 16.9. The number of anilines is 1. The Hall–Kier alpha value is -1.26. The predicted molar refractivity (Wildman–Crippen MR) is 86.9 cm³/mol. The number of ether oxygens (including phenoxy) is 1. The van der Waals surface area contributed by atoms with E-state index in [9.17, 15) is 4.79 Å². The Morgan fingerprint density at radius 2 is 1.81 bits per heavy atom. The first-order valence-electron chi connectivity index (χ1n) is 7.19. The predicted octanol–water partition coefficient (Wildman–Crippen LogP) is 3.08. The molecule has 5 heteroatoms. The second kappa shape index (κ2) is 6.24. The number of carbonyl (C=O) groups is 1. The van der Waals surface area contributed by atoms with Crippen molar-refractivity contribution in [3.8, 4) is 5.75 Å². The first kappa shape index (κ1) is 16.1. The molecule has 1 aromatic rings. The van der Waals surface area contributed by atoms with Gasteiger partial charge in [0.25, 0.3) is 0 Å². The summed E-state index contributed by atoms with van der Waals surface area (Å²) in [6.45, 7) is 10.4. The molecule has 1 saturated heterocycles. The molecule has 0 radical (unpaired) electrons. The van der Waals surface area contributed by atoms with Gasteiger partial charge in [-0.3, -0.25) is 9.69 Å². The van der Waals surface area contributed by atoms with Crippen molar-refractivity contribution in [1.29, 1.82) is 0 Å². The van der Waals surface area contributed by atoms with Crippen molar-refractivity contribution in [3.63, 3.8) is 0 Å². The molecule has 1 aliphatic rings. The van der Waals surface area contributed by atoms with Crippen molar-refractivity contribution in [3.05, 3.63) is 22.7 Å². The molecular weight excluding hydrogens is 288 g/mol. The molecule has 0 saturated carbocycles. The number of hydrogen-bond acceptors (Lipinski definition) is 4. The molecule has 1 heterocycles. The zero-order chi connectivity index (χ0) is 15.6. The van der Waals surface area contributed by atoms with Crippen LogP contribution in [0.5, 0.6) is 5.75 Å². The molecule has 21 heavy (non-hydrogen) atoms. The van der Waals surface area contributed by atoms with Crippen LogP contribution in [-0.4, -0.2) is 50.0 Å². The maximum Gasteiger partial charge on any atom is 0.153 e.